The molecule has 23 heavy (non-hydrogen) atoms. The highest BCUT2D eigenvalue weighted by Gasteiger charge is 2.22. The molecule has 0 bridgehead atoms. The van der Waals surface area contributed by atoms with Gasteiger partial charge in [0.15, 0.2) is 0 Å². The Labute approximate surface area is 146 Å². The lowest BCUT2D eigenvalue weighted by molar-refractivity contribution is -0.128. The summed E-state index contributed by atoms with van der Waals surface area (Å²) >= 11 is 3.26. The smallest absolute Gasteiger partial charge is 0.233 e. The van der Waals surface area contributed by atoms with Crippen molar-refractivity contribution in [2.24, 2.45) is 0 Å². The molecule has 2 aromatic rings. The zero-order valence-electron chi connectivity index (χ0n) is 14.2. The van der Waals surface area contributed by atoms with Crippen molar-refractivity contribution >= 4 is 29.0 Å². The Morgan fingerprint density at radius 3 is 2.52 bits per heavy atom. The minimum atomic E-state index is 0.0468. The summed E-state index contributed by atoms with van der Waals surface area (Å²) in [6, 6.07) is 3.89. The monoisotopic (exact) mass is 349 g/mol. The zero-order valence-corrected chi connectivity index (χ0v) is 15.9. The number of amides is 1. The van der Waals surface area contributed by atoms with Crippen LogP contribution in [0, 0.1) is 6.92 Å². The lowest BCUT2D eigenvalue weighted by Gasteiger charge is -2.24. The molecule has 0 aliphatic carbocycles. The molecule has 0 saturated carbocycles. The molecule has 2 heterocycles. The van der Waals surface area contributed by atoms with Gasteiger partial charge in [0, 0.05) is 35.1 Å². The van der Waals surface area contributed by atoms with Gasteiger partial charge in [-0.1, -0.05) is 13.8 Å². The molecular weight excluding hydrogens is 326 g/mol. The zero-order chi connectivity index (χ0) is 17.0. The van der Waals surface area contributed by atoms with E-state index < -0.39 is 0 Å². The maximum atomic E-state index is 12.5. The van der Waals surface area contributed by atoms with E-state index in [2.05, 4.69) is 30.7 Å². The average molecular weight is 350 g/mol. The fraction of sp³-hybridized carbons (Fsp3) is 0.471. The van der Waals surface area contributed by atoms with Crippen molar-refractivity contribution in [3.05, 3.63) is 40.1 Å². The van der Waals surface area contributed by atoms with Gasteiger partial charge in [-0.15, -0.1) is 23.1 Å². The molecule has 6 heteroatoms. The highest BCUT2D eigenvalue weighted by Crippen LogP contribution is 2.32. The molecule has 0 radical (unpaired) electrons. The van der Waals surface area contributed by atoms with Crippen molar-refractivity contribution in [3.63, 3.8) is 0 Å². The summed E-state index contributed by atoms with van der Waals surface area (Å²) in [7, 11) is 1.87. The second-order valence-electron chi connectivity index (χ2n) is 5.81. The number of carbonyl (C=O) groups excluding carboxylic acids is 1. The standard InChI is InChI=1S/C17H23N3OS2/c1-11(2)17-19-12(3)16(23-17)13(4)20(5)15(21)10-22-14-6-8-18-9-7-14/h6-9,11,13H,10H2,1-5H3/t13-/m1/s1. The predicted octanol–water partition coefficient (Wildman–Crippen LogP) is 4.28. The molecule has 0 aliphatic heterocycles. The van der Waals surface area contributed by atoms with E-state index in [1.807, 2.05) is 31.0 Å². The van der Waals surface area contributed by atoms with Crippen molar-refractivity contribution in [2.45, 2.75) is 44.6 Å². The second-order valence-corrected chi connectivity index (χ2v) is 7.92. The van der Waals surface area contributed by atoms with Gasteiger partial charge >= 0.3 is 0 Å². The van der Waals surface area contributed by atoms with Crippen LogP contribution < -0.4 is 0 Å². The van der Waals surface area contributed by atoms with E-state index in [0.717, 1.165) is 15.6 Å². The van der Waals surface area contributed by atoms with E-state index in [9.17, 15) is 4.79 Å². The molecule has 0 spiro atoms. The summed E-state index contributed by atoms with van der Waals surface area (Å²) < 4.78 is 0. The molecule has 1 amide bonds. The van der Waals surface area contributed by atoms with Crippen LogP contribution in [0.15, 0.2) is 29.4 Å². The number of rotatable bonds is 6. The van der Waals surface area contributed by atoms with Crippen LogP contribution in [0.25, 0.3) is 0 Å². The van der Waals surface area contributed by atoms with Crippen molar-refractivity contribution < 1.29 is 4.79 Å². The average Bonchev–Trinajstić information content (AvgIpc) is 2.94. The van der Waals surface area contributed by atoms with Crippen LogP contribution in [0.2, 0.25) is 0 Å². The van der Waals surface area contributed by atoms with E-state index in [0.29, 0.717) is 11.7 Å². The van der Waals surface area contributed by atoms with Gasteiger partial charge in [0.25, 0.3) is 0 Å². The Morgan fingerprint density at radius 2 is 1.96 bits per heavy atom. The summed E-state index contributed by atoms with van der Waals surface area (Å²) in [6.45, 7) is 8.39. The minimum absolute atomic E-state index is 0.0468. The Balaban J connectivity index is 2.01. The number of aromatic nitrogens is 2. The molecule has 0 aliphatic rings. The fourth-order valence-corrected chi connectivity index (χ4v) is 4.11. The van der Waals surface area contributed by atoms with E-state index in [1.54, 1.807) is 35.5 Å². The molecule has 0 aromatic carbocycles. The first-order valence-electron chi connectivity index (χ1n) is 7.65. The first-order valence-corrected chi connectivity index (χ1v) is 9.46. The lowest BCUT2D eigenvalue weighted by Crippen LogP contribution is -2.31. The van der Waals surface area contributed by atoms with Crippen LogP contribution in [0.1, 0.15) is 48.3 Å². The Morgan fingerprint density at radius 1 is 1.30 bits per heavy atom. The Hall–Kier alpha value is -1.40. The van der Waals surface area contributed by atoms with Crippen molar-refractivity contribution in [1.82, 2.24) is 14.9 Å². The number of nitrogens with zero attached hydrogens (tertiary/aromatic N) is 3. The van der Waals surface area contributed by atoms with Crippen LogP contribution in [-0.4, -0.2) is 33.6 Å². The van der Waals surface area contributed by atoms with E-state index in [1.165, 1.54) is 4.88 Å². The lowest BCUT2D eigenvalue weighted by atomic mass is 10.2. The predicted molar refractivity (Wildman–Crippen MR) is 97.1 cm³/mol. The quantitative estimate of drug-likeness (QED) is 0.730. The number of pyridine rings is 1. The van der Waals surface area contributed by atoms with Crippen LogP contribution >= 0.6 is 23.1 Å². The topological polar surface area (TPSA) is 46.1 Å². The molecule has 1 atom stereocenters. The third-order valence-corrected chi connectivity index (χ3v) is 6.33. The minimum Gasteiger partial charge on any atom is -0.337 e. The van der Waals surface area contributed by atoms with Crippen LogP contribution in [0.5, 0.6) is 0 Å². The molecule has 0 saturated heterocycles. The number of aryl methyl sites for hydroxylation is 1. The number of hydrogen-bond donors (Lipinski definition) is 0. The molecule has 2 aromatic heterocycles. The second kappa shape index (κ2) is 7.93. The molecule has 4 nitrogen and oxygen atoms in total. The Kier molecular flexibility index (Phi) is 6.18. The summed E-state index contributed by atoms with van der Waals surface area (Å²) in [5, 5.41) is 1.14. The SMILES string of the molecule is Cc1nc(C(C)C)sc1[C@@H](C)N(C)C(=O)CSc1ccncc1. The first kappa shape index (κ1) is 17.9. The van der Waals surface area contributed by atoms with Gasteiger partial charge < -0.3 is 4.90 Å². The molecule has 0 fully saturated rings. The maximum Gasteiger partial charge on any atom is 0.233 e. The third-order valence-electron chi connectivity index (χ3n) is 3.71. The van der Waals surface area contributed by atoms with Gasteiger partial charge in [0.05, 0.1) is 22.5 Å². The normalized spacial score (nSPS) is 12.4. The van der Waals surface area contributed by atoms with Crippen LogP contribution in [-0.2, 0) is 4.79 Å². The molecular formula is C17H23N3OS2. The summed E-state index contributed by atoms with van der Waals surface area (Å²) in [4.78, 5) is 25.1. The van der Waals surface area contributed by atoms with Gasteiger partial charge in [-0.3, -0.25) is 9.78 Å². The molecule has 0 N–H and O–H groups in total. The number of thiazole rings is 1. The van der Waals surface area contributed by atoms with Crippen molar-refractivity contribution in [3.8, 4) is 0 Å². The van der Waals surface area contributed by atoms with Gasteiger partial charge in [-0.05, 0) is 26.0 Å². The van der Waals surface area contributed by atoms with E-state index >= 15 is 0 Å². The summed E-state index contributed by atoms with van der Waals surface area (Å²) in [5.41, 5.74) is 1.03. The largest absolute Gasteiger partial charge is 0.337 e. The Bertz CT molecular complexity index is 655. The summed E-state index contributed by atoms with van der Waals surface area (Å²) in [5.74, 6) is 0.973. The highest BCUT2D eigenvalue weighted by atomic mass is 32.2. The van der Waals surface area contributed by atoms with Gasteiger partial charge in [-0.25, -0.2) is 4.98 Å². The fourth-order valence-electron chi connectivity index (χ4n) is 2.14. The maximum absolute atomic E-state index is 12.5. The number of carbonyl (C=O) groups is 1. The number of thioether (sulfide) groups is 1. The van der Waals surface area contributed by atoms with Crippen LogP contribution in [0.3, 0.4) is 0 Å². The molecule has 124 valence electrons. The van der Waals surface area contributed by atoms with Gasteiger partial charge in [0.1, 0.15) is 0 Å². The first-order chi connectivity index (χ1) is 10.9. The van der Waals surface area contributed by atoms with Crippen molar-refractivity contribution in [1.29, 1.82) is 0 Å². The molecule has 2 rings (SSSR count). The van der Waals surface area contributed by atoms with E-state index in [4.69, 9.17) is 0 Å². The van der Waals surface area contributed by atoms with Gasteiger partial charge in [-0.2, -0.15) is 0 Å². The van der Waals surface area contributed by atoms with Crippen LogP contribution in [0.4, 0.5) is 0 Å². The van der Waals surface area contributed by atoms with Gasteiger partial charge in [0.2, 0.25) is 5.91 Å². The van der Waals surface area contributed by atoms with E-state index in [-0.39, 0.29) is 11.9 Å². The third kappa shape index (κ3) is 4.54. The highest BCUT2D eigenvalue weighted by molar-refractivity contribution is 8.00. The van der Waals surface area contributed by atoms with Crippen molar-refractivity contribution in [2.75, 3.05) is 12.8 Å². The summed E-state index contributed by atoms with van der Waals surface area (Å²) in [6.07, 6.45) is 3.49. The number of hydrogen-bond acceptors (Lipinski definition) is 5. The molecule has 0 unspecified atom stereocenters.